The van der Waals surface area contributed by atoms with Crippen molar-refractivity contribution in [3.05, 3.63) is 145 Å². The van der Waals surface area contributed by atoms with Gasteiger partial charge in [-0.15, -0.1) is 5.56 Å². The van der Waals surface area contributed by atoms with Crippen LogP contribution in [-0.2, 0) is 23.6 Å². The zero-order chi connectivity index (χ0) is 22.9. The Balaban J connectivity index is 0.000000275. The van der Waals surface area contributed by atoms with Crippen molar-refractivity contribution >= 4 is 28.8 Å². The Hall–Kier alpha value is -2.94. The summed E-state index contributed by atoms with van der Waals surface area (Å²) in [4.78, 5) is 2.16. The standard InChI is InChI=1S/C23H19Si.C8H12N.Fe/c1-4-12-20(13-5-1)24(23-18-10-11-19-23,21-14-6-2-7-15-21)22-16-8-3-9-17-22;1-9(2)7-8-5-3-4-6-8;/h1-19H;3-6H,7H2,1-2H3;/q-5;-1;. The monoisotopic (exact) mass is 501 g/mol. The van der Waals surface area contributed by atoms with E-state index in [1.165, 1.54) is 26.3 Å². The largest absolute Gasteiger partial charge is 0.748 e. The topological polar surface area (TPSA) is 3.24 Å². The maximum absolute atomic E-state index is 2.29. The molecule has 34 heavy (non-hydrogen) atoms. The molecule has 0 aliphatic rings. The molecule has 0 atom stereocenters. The first-order valence-electron chi connectivity index (χ1n) is 11.5. The van der Waals surface area contributed by atoms with E-state index in [-0.39, 0.29) is 17.1 Å². The first kappa shape index (κ1) is 25.7. The second-order valence-corrected chi connectivity index (χ2v) is 12.4. The number of rotatable bonds is 6. The third kappa shape index (κ3) is 5.75. The average molecular weight is 502 g/mol. The van der Waals surface area contributed by atoms with Crippen molar-refractivity contribution in [2.45, 2.75) is 6.54 Å². The fourth-order valence-electron chi connectivity index (χ4n) is 4.57. The van der Waals surface area contributed by atoms with Gasteiger partial charge in [0.15, 0.2) is 0 Å². The Kier molecular flexibility index (Phi) is 9.44. The molecule has 3 heteroatoms. The fourth-order valence-corrected chi connectivity index (χ4v) is 9.34. The molecule has 5 aromatic rings. The summed E-state index contributed by atoms with van der Waals surface area (Å²) in [6.45, 7) is 1.05. The second-order valence-electron chi connectivity index (χ2n) is 8.55. The van der Waals surface area contributed by atoms with Crippen LogP contribution in [0.15, 0.2) is 140 Å². The number of benzene rings is 3. The minimum absolute atomic E-state index is 0. The molecular formula is C31H31FeNSi-6. The molecule has 0 aromatic heterocycles. The second kappa shape index (κ2) is 12.5. The first-order chi connectivity index (χ1) is 16.2. The molecule has 0 aliphatic heterocycles. The van der Waals surface area contributed by atoms with Crippen LogP contribution in [0.1, 0.15) is 5.56 Å². The Bertz CT molecular complexity index is 1090. The van der Waals surface area contributed by atoms with Gasteiger partial charge in [0.05, 0.1) is 0 Å². The molecule has 0 saturated carbocycles. The third-order valence-electron chi connectivity index (χ3n) is 5.95. The van der Waals surface area contributed by atoms with Gasteiger partial charge >= 0.3 is 0 Å². The van der Waals surface area contributed by atoms with Gasteiger partial charge in [0.25, 0.3) is 0 Å². The van der Waals surface area contributed by atoms with Crippen LogP contribution >= 0.6 is 0 Å². The first-order valence-corrected chi connectivity index (χ1v) is 13.5. The van der Waals surface area contributed by atoms with Gasteiger partial charge in [-0.1, -0.05) is 107 Å². The molecule has 0 heterocycles. The van der Waals surface area contributed by atoms with Gasteiger partial charge in [0.2, 0.25) is 0 Å². The van der Waals surface area contributed by atoms with E-state index in [2.05, 4.69) is 159 Å². The van der Waals surface area contributed by atoms with Crippen LogP contribution in [0, 0.1) is 0 Å². The van der Waals surface area contributed by atoms with Crippen molar-refractivity contribution in [1.29, 1.82) is 0 Å². The average Bonchev–Trinajstić information content (AvgIpc) is 3.57. The smallest absolute Gasteiger partial charge is 0 e. The summed E-state index contributed by atoms with van der Waals surface area (Å²) >= 11 is 0. The summed E-state index contributed by atoms with van der Waals surface area (Å²) in [6, 6.07) is 50.3. The number of nitrogens with zero attached hydrogens (tertiary/aromatic N) is 1. The van der Waals surface area contributed by atoms with E-state index in [9.17, 15) is 0 Å². The van der Waals surface area contributed by atoms with Gasteiger partial charge < -0.3 is 34.4 Å². The van der Waals surface area contributed by atoms with Crippen molar-refractivity contribution in [2.24, 2.45) is 0 Å². The Morgan fingerprint density at radius 3 is 1.35 bits per heavy atom. The normalized spacial score (nSPS) is 10.8. The van der Waals surface area contributed by atoms with E-state index in [1.807, 2.05) is 0 Å². The molecule has 0 spiro atoms. The molecule has 0 fully saturated rings. The van der Waals surface area contributed by atoms with Gasteiger partial charge in [0, 0.05) is 17.1 Å². The predicted octanol–water partition coefficient (Wildman–Crippen LogP) is 4.25. The minimum Gasteiger partial charge on any atom is -0.748 e. The third-order valence-corrected chi connectivity index (χ3v) is 10.7. The van der Waals surface area contributed by atoms with Crippen LogP contribution in [0.5, 0.6) is 0 Å². The summed E-state index contributed by atoms with van der Waals surface area (Å²) in [5.41, 5.74) is 1.39. The van der Waals surface area contributed by atoms with Crippen LogP contribution < -0.4 is 20.7 Å². The van der Waals surface area contributed by atoms with Gasteiger partial charge in [-0.05, 0) is 28.7 Å². The molecular weight excluding hydrogens is 470 g/mol. The minimum atomic E-state index is -2.25. The maximum Gasteiger partial charge on any atom is 0 e. The molecule has 0 aliphatic carbocycles. The van der Waals surface area contributed by atoms with E-state index >= 15 is 0 Å². The van der Waals surface area contributed by atoms with Gasteiger partial charge in [-0.2, -0.15) is 12.1 Å². The summed E-state index contributed by atoms with van der Waals surface area (Å²) in [5.74, 6) is 0. The molecule has 178 valence electrons. The van der Waals surface area contributed by atoms with Crippen LogP contribution in [-0.4, -0.2) is 27.1 Å². The summed E-state index contributed by atoms with van der Waals surface area (Å²) in [7, 11) is 1.91. The molecule has 5 aromatic carbocycles. The molecule has 0 saturated heterocycles. The van der Waals surface area contributed by atoms with Gasteiger partial charge in [-0.3, -0.25) is 0 Å². The quantitative estimate of drug-likeness (QED) is 0.191. The van der Waals surface area contributed by atoms with E-state index < -0.39 is 8.07 Å². The number of hydrogen-bond acceptors (Lipinski definition) is 1. The van der Waals surface area contributed by atoms with Gasteiger partial charge in [-0.25, -0.2) is 12.1 Å². The Morgan fingerprint density at radius 1 is 0.618 bits per heavy atom. The van der Waals surface area contributed by atoms with Crippen LogP contribution in [0.3, 0.4) is 0 Å². The summed E-state index contributed by atoms with van der Waals surface area (Å²) in [6.07, 6.45) is 0. The summed E-state index contributed by atoms with van der Waals surface area (Å²) in [5, 5.41) is 5.71. The van der Waals surface area contributed by atoms with E-state index in [4.69, 9.17) is 0 Å². The van der Waals surface area contributed by atoms with Crippen molar-refractivity contribution in [3.63, 3.8) is 0 Å². The van der Waals surface area contributed by atoms with Crippen molar-refractivity contribution in [3.8, 4) is 0 Å². The molecule has 0 amide bonds. The van der Waals surface area contributed by atoms with E-state index in [0.717, 1.165) is 6.54 Å². The van der Waals surface area contributed by atoms with Gasteiger partial charge in [0.1, 0.15) is 0 Å². The zero-order valence-corrected chi connectivity index (χ0v) is 21.9. The van der Waals surface area contributed by atoms with E-state index in [0.29, 0.717) is 0 Å². The Labute approximate surface area is 215 Å². The molecule has 0 unspecified atom stereocenters. The molecule has 0 bridgehead atoms. The van der Waals surface area contributed by atoms with Crippen molar-refractivity contribution in [1.82, 2.24) is 4.90 Å². The number of hydrogen-bond donors (Lipinski definition) is 0. The summed E-state index contributed by atoms with van der Waals surface area (Å²) < 4.78 is 0. The van der Waals surface area contributed by atoms with Crippen LogP contribution in [0.4, 0.5) is 0 Å². The maximum atomic E-state index is 2.29. The van der Waals surface area contributed by atoms with Crippen LogP contribution in [0.2, 0.25) is 0 Å². The van der Waals surface area contributed by atoms with Crippen molar-refractivity contribution in [2.75, 3.05) is 14.1 Å². The molecule has 0 radical (unpaired) electrons. The molecule has 5 rings (SSSR count). The van der Waals surface area contributed by atoms with Crippen LogP contribution in [0.25, 0.3) is 0 Å². The fraction of sp³-hybridized carbons (Fsp3) is 0.0968. The van der Waals surface area contributed by atoms with Crippen molar-refractivity contribution < 1.29 is 17.1 Å². The molecule has 0 N–H and O–H groups in total. The predicted molar refractivity (Wildman–Crippen MR) is 145 cm³/mol. The van der Waals surface area contributed by atoms with E-state index in [1.54, 1.807) is 0 Å². The Morgan fingerprint density at radius 2 is 1.00 bits per heavy atom. The SMILES string of the molecule is CN(C)C[c-]1cccc1.[Fe].c1ccc([Si](c2ccccc2)(c2ccccc2)[c-]2[cH-][cH-][cH-][cH-]2)cc1. The zero-order valence-electron chi connectivity index (χ0n) is 19.8. The molecule has 1 nitrogen and oxygen atoms in total.